The number of nitrogens with zero attached hydrogens (tertiary/aromatic N) is 1. The topological polar surface area (TPSA) is 80.0 Å². The molecule has 0 spiro atoms. The molecule has 6 heteroatoms. The highest BCUT2D eigenvalue weighted by Gasteiger charge is 2.23. The molecule has 1 heterocycles. The predicted molar refractivity (Wildman–Crippen MR) is 97.0 cm³/mol. The molecule has 0 unspecified atom stereocenters. The number of aromatic hydroxyl groups is 1. The van der Waals surface area contributed by atoms with Crippen LogP contribution in [0.5, 0.6) is 5.75 Å². The first-order valence-corrected chi connectivity index (χ1v) is 8.17. The Hall–Kier alpha value is -3.28. The van der Waals surface area contributed by atoms with E-state index in [0.29, 0.717) is 11.1 Å². The summed E-state index contributed by atoms with van der Waals surface area (Å²) in [4.78, 5) is 26.1. The predicted octanol–water partition coefficient (Wildman–Crippen LogP) is 3.28. The maximum atomic E-state index is 12.4. The van der Waals surface area contributed by atoms with Crippen molar-refractivity contribution in [2.24, 2.45) is 0 Å². The quantitative estimate of drug-likeness (QED) is 0.712. The van der Waals surface area contributed by atoms with Crippen molar-refractivity contribution < 1.29 is 23.8 Å². The van der Waals surface area contributed by atoms with E-state index in [4.69, 9.17) is 9.15 Å². The average molecular weight is 353 g/mol. The number of phenols is 1. The summed E-state index contributed by atoms with van der Waals surface area (Å²) >= 11 is 0. The minimum absolute atomic E-state index is 0.0234. The average Bonchev–Trinajstić information content (AvgIpc) is 3.02. The van der Waals surface area contributed by atoms with Gasteiger partial charge in [-0.15, -0.1) is 0 Å². The van der Waals surface area contributed by atoms with Gasteiger partial charge in [-0.3, -0.25) is 9.59 Å². The van der Waals surface area contributed by atoms with Crippen LogP contribution < -0.4 is 4.90 Å². The van der Waals surface area contributed by atoms with Crippen LogP contribution in [-0.4, -0.2) is 30.1 Å². The molecule has 0 aliphatic carbocycles. The second-order valence-corrected chi connectivity index (χ2v) is 5.98. The van der Waals surface area contributed by atoms with Gasteiger partial charge in [-0.2, -0.15) is 0 Å². The van der Waals surface area contributed by atoms with Gasteiger partial charge >= 0.3 is 5.97 Å². The Morgan fingerprint density at radius 2 is 1.92 bits per heavy atom. The number of hydrogen-bond donors (Lipinski definition) is 1. The van der Waals surface area contributed by atoms with Crippen molar-refractivity contribution in [1.29, 1.82) is 0 Å². The SMILES string of the molecule is C[C@H](OC(=O)Cc1coc2cc(O)ccc12)C(=O)N(C)c1ccccc1. The van der Waals surface area contributed by atoms with Gasteiger partial charge in [-0.1, -0.05) is 18.2 Å². The molecule has 1 amide bonds. The van der Waals surface area contributed by atoms with Crippen LogP contribution in [0.1, 0.15) is 12.5 Å². The number of carbonyl (C=O) groups excluding carboxylic acids is 2. The van der Waals surface area contributed by atoms with Crippen LogP contribution in [0.3, 0.4) is 0 Å². The van der Waals surface area contributed by atoms with E-state index in [0.717, 1.165) is 11.1 Å². The molecular weight excluding hydrogens is 334 g/mol. The van der Waals surface area contributed by atoms with E-state index >= 15 is 0 Å². The molecule has 6 nitrogen and oxygen atoms in total. The summed E-state index contributed by atoms with van der Waals surface area (Å²) in [6.45, 7) is 1.55. The molecule has 0 bridgehead atoms. The van der Waals surface area contributed by atoms with Crippen LogP contribution in [0.2, 0.25) is 0 Å². The van der Waals surface area contributed by atoms with Gasteiger partial charge in [0, 0.05) is 29.8 Å². The molecule has 0 saturated carbocycles. The van der Waals surface area contributed by atoms with Gasteiger partial charge in [0.1, 0.15) is 11.3 Å². The summed E-state index contributed by atoms with van der Waals surface area (Å²) in [6, 6.07) is 13.8. The fraction of sp³-hybridized carbons (Fsp3) is 0.200. The number of anilines is 1. The van der Waals surface area contributed by atoms with E-state index in [1.54, 1.807) is 32.2 Å². The lowest BCUT2D eigenvalue weighted by molar-refractivity contribution is -0.153. The van der Waals surface area contributed by atoms with Gasteiger partial charge in [0.15, 0.2) is 6.10 Å². The van der Waals surface area contributed by atoms with Crippen molar-refractivity contribution in [3.8, 4) is 5.75 Å². The first kappa shape index (κ1) is 17.5. The Morgan fingerprint density at radius 3 is 2.65 bits per heavy atom. The van der Waals surface area contributed by atoms with Crippen molar-refractivity contribution >= 4 is 28.5 Å². The molecule has 1 atom stereocenters. The number of fused-ring (bicyclic) bond motifs is 1. The second-order valence-electron chi connectivity index (χ2n) is 5.98. The fourth-order valence-electron chi connectivity index (χ4n) is 2.71. The van der Waals surface area contributed by atoms with Crippen LogP contribution in [0.4, 0.5) is 5.69 Å². The van der Waals surface area contributed by atoms with Crippen molar-refractivity contribution in [1.82, 2.24) is 0 Å². The zero-order valence-corrected chi connectivity index (χ0v) is 14.5. The van der Waals surface area contributed by atoms with Crippen molar-refractivity contribution in [2.45, 2.75) is 19.4 Å². The number of para-hydroxylation sites is 1. The number of carbonyl (C=O) groups is 2. The van der Waals surface area contributed by atoms with E-state index in [9.17, 15) is 14.7 Å². The van der Waals surface area contributed by atoms with Gasteiger partial charge in [0.05, 0.1) is 12.7 Å². The van der Waals surface area contributed by atoms with Gasteiger partial charge < -0.3 is 19.2 Å². The number of amides is 1. The third-order valence-corrected chi connectivity index (χ3v) is 4.10. The molecule has 0 fully saturated rings. The minimum Gasteiger partial charge on any atom is -0.508 e. The number of ether oxygens (including phenoxy) is 1. The second kappa shape index (κ2) is 7.31. The molecule has 0 aliphatic rings. The maximum absolute atomic E-state index is 12.4. The van der Waals surface area contributed by atoms with Crippen molar-refractivity contribution in [2.75, 3.05) is 11.9 Å². The third-order valence-electron chi connectivity index (χ3n) is 4.10. The van der Waals surface area contributed by atoms with Crippen LogP contribution in [0, 0.1) is 0 Å². The number of hydrogen-bond acceptors (Lipinski definition) is 5. The highest BCUT2D eigenvalue weighted by atomic mass is 16.5. The van der Waals surface area contributed by atoms with Gasteiger partial charge in [-0.25, -0.2) is 0 Å². The van der Waals surface area contributed by atoms with Crippen LogP contribution in [0.15, 0.2) is 59.2 Å². The summed E-state index contributed by atoms with van der Waals surface area (Å²) in [5, 5.41) is 10.2. The smallest absolute Gasteiger partial charge is 0.311 e. The summed E-state index contributed by atoms with van der Waals surface area (Å²) < 4.78 is 10.6. The van der Waals surface area contributed by atoms with Gasteiger partial charge in [0.25, 0.3) is 5.91 Å². The normalized spacial score (nSPS) is 11.9. The zero-order valence-electron chi connectivity index (χ0n) is 14.5. The Bertz CT molecular complexity index is 932. The van der Waals surface area contributed by atoms with Crippen molar-refractivity contribution in [3.05, 3.63) is 60.4 Å². The summed E-state index contributed by atoms with van der Waals surface area (Å²) in [5.41, 5.74) is 1.85. The standard InChI is InChI=1S/C20H19NO5/c1-13(20(24)21(2)15-6-4-3-5-7-15)26-19(23)10-14-12-25-18-11-16(22)8-9-17(14)18/h3-9,11-13,22H,10H2,1-2H3/t13-/m0/s1. The molecular formula is C20H19NO5. The molecule has 1 aromatic heterocycles. The van der Waals surface area contributed by atoms with Crippen LogP contribution in [-0.2, 0) is 20.7 Å². The van der Waals surface area contributed by atoms with Crippen LogP contribution in [0.25, 0.3) is 11.0 Å². The maximum Gasteiger partial charge on any atom is 0.311 e. The molecule has 3 aromatic rings. The Balaban J connectivity index is 1.64. The lowest BCUT2D eigenvalue weighted by Crippen LogP contribution is -2.37. The molecule has 26 heavy (non-hydrogen) atoms. The Morgan fingerprint density at radius 1 is 1.19 bits per heavy atom. The number of rotatable bonds is 5. The molecule has 1 N–H and O–H groups in total. The first-order valence-electron chi connectivity index (χ1n) is 8.17. The highest BCUT2D eigenvalue weighted by molar-refractivity contribution is 5.97. The molecule has 0 saturated heterocycles. The summed E-state index contributed by atoms with van der Waals surface area (Å²) in [6.07, 6.45) is 0.521. The van der Waals surface area contributed by atoms with E-state index in [1.165, 1.54) is 23.3 Å². The Kier molecular flexibility index (Phi) is 4.93. The minimum atomic E-state index is -0.907. The Labute approximate surface area is 150 Å². The van der Waals surface area contributed by atoms with E-state index in [-0.39, 0.29) is 18.1 Å². The van der Waals surface area contributed by atoms with E-state index < -0.39 is 12.1 Å². The first-order chi connectivity index (χ1) is 12.5. The van der Waals surface area contributed by atoms with E-state index in [1.807, 2.05) is 18.2 Å². The molecule has 3 rings (SSSR count). The molecule has 134 valence electrons. The zero-order chi connectivity index (χ0) is 18.7. The number of furan rings is 1. The van der Waals surface area contributed by atoms with Gasteiger partial charge in [0.2, 0.25) is 0 Å². The van der Waals surface area contributed by atoms with E-state index in [2.05, 4.69) is 0 Å². The van der Waals surface area contributed by atoms with Gasteiger partial charge in [-0.05, 0) is 31.2 Å². The molecule has 0 radical (unpaired) electrons. The van der Waals surface area contributed by atoms with Crippen molar-refractivity contribution in [3.63, 3.8) is 0 Å². The highest BCUT2D eigenvalue weighted by Crippen LogP contribution is 2.25. The number of esters is 1. The number of phenolic OH excluding ortho intramolecular Hbond substituents is 1. The summed E-state index contributed by atoms with van der Waals surface area (Å²) in [7, 11) is 1.64. The monoisotopic (exact) mass is 353 g/mol. The van der Waals surface area contributed by atoms with Crippen LogP contribution >= 0.6 is 0 Å². The largest absolute Gasteiger partial charge is 0.508 e. The lowest BCUT2D eigenvalue weighted by Gasteiger charge is -2.21. The third kappa shape index (κ3) is 3.69. The molecule has 2 aromatic carbocycles. The lowest BCUT2D eigenvalue weighted by atomic mass is 10.1. The fourth-order valence-corrected chi connectivity index (χ4v) is 2.71. The number of benzene rings is 2. The summed E-state index contributed by atoms with van der Waals surface area (Å²) in [5.74, 6) is -0.751. The number of likely N-dealkylation sites (N-methyl/N-ethyl adjacent to an activating group) is 1. The molecule has 0 aliphatic heterocycles.